The van der Waals surface area contributed by atoms with Crippen LogP contribution in [0, 0.1) is 13.8 Å². The van der Waals surface area contributed by atoms with Crippen LogP contribution in [-0.2, 0) is 9.53 Å². The third kappa shape index (κ3) is 5.42. The first-order valence-corrected chi connectivity index (χ1v) is 10.4. The molecule has 2 heterocycles. The highest BCUT2D eigenvalue weighted by Crippen LogP contribution is 2.28. The summed E-state index contributed by atoms with van der Waals surface area (Å²) in [6.07, 6.45) is 4.25. The average Bonchev–Trinajstić information content (AvgIpc) is 3.16. The average molecular weight is 412 g/mol. The van der Waals surface area contributed by atoms with E-state index < -0.39 is 0 Å². The number of carbonyl (C=O) groups excluding carboxylic acids is 1. The Morgan fingerprint density at radius 1 is 1.14 bits per heavy atom. The minimum absolute atomic E-state index is 0.0359. The van der Waals surface area contributed by atoms with E-state index in [1.54, 1.807) is 19.5 Å². The van der Waals surface area contributed by atoms with Gasteiger partial charge in [-0.2, -0.15) is 0 Å². The molecule has 3 rings (SSSR count). The van der Waals surface area contributed by atoms with Gasteiger partial charge >= 0.3 is 0 Å². The third-order valence-electron chi connectivity index (χ3n) is 4.50. The van der Waals surface area contributed by atoms with Crippen molar-refractivity contribution >= 4 is 17.7 Å². The standard InChI is InChI=1S/C21H25N5O2S/c1-15-5-6-18(13-16(15)2)26-20(17-7-10-22-11-8-17)24-25-21(26)29-14-19(27)23-9-4-12-28-3/h5-8,10-11,13H,4,9,12,14H2,1-3H3,(H,23,27). The Labute approximate surface area is 174 Å². The van der Waals surface area contributed by atoms with Gasteiger partial charge in [-0.15, -0.1) is 10.2 Å². The molecule has 0 saturated heterocycles. The highest BCUT2D eigenvalue weighted by molar-refractivity contribution is 7.99. The van der Waals surface area contributed by atoms with Crippen LogP contribution in [0.4, 0.5) is 0 Å². The number of pyridine rings is 1. The van der Waals surface area contributed by atoms with Crippen molar-refractivity contribution in [2.75, 3.05) is 26.0 Å². The molecule has 0 unspecified atom stereocenters. The fraction of sp³-hybridized carbons (Fsp3) is 0.333. The van der Waals surface area contributed by atoms with E-state index >= 15 is 0 Å². The Kier molecular flexibility index (Phi) is 7.37. The number of benzene rings is 1. The molecule has 2 aromatic heterocycles. The molecule has 0 atom stereocenters. The number of nitrogens with one attached hydrogen (secondary N) is 1. The molecule has 0 spiro atoms. The number of aromatic nitrogens is 4. The van der Waals surface area contributed by atoms with Crippen molar-refractivity contribution in [1.82, 2.24) is 25.1 Å². The molecule has 0 aliphatic heterocycles. The molecule has 8 heteroatoms. The Balaban J connectivity index is 1.84. The second-order valence-electron chi connectivity index (χ2n) is 6.63. The second kappa shape index (κ2) is 10.2. The molecular weight excluding hydrogens is 386 g/mol. The largest absolute Gasteiger partial charge is 0.385 e. The van der Waals surface area contributed by atoms with Crippen molar-refractivity contribution in [2.24, 2.45) is 0 Å². The van der Waals surface area contributed by atoms with Crippen LogP contribution in [0.1, 0.15) is 17.5 Å². The van der Waals surface area contributed by atoms with Crippen molar-refractivity contribution in [2.45, 2.75) is 25.4 Å². The first-order chi connectivity index (χ1) is 14.1. The first kappa shape index (κ1) is 21.0. The van der Waals surface area contributed by atoms with Crippen LogP contribution in [0.25, 0.3) is 17.1 Å². The molecule has 1 amide bonds. The number of thioether (sulfide) groups is 1. The van der Waals surface area contributed by atoms with Crippen molar-refractivity contribution in [3.63, 3.8) is 0 Å². The maximum atomic E-state index is 12.2. The van der Waals surface area contributed by atoms with Gasteiger partial charge in [-0.05, 0) is 55.7 Å². The maximum absolute atomic E-state index is 12.2. The van der Waals surface area contributed by atoms with E-state index in [2.05, 4.69) is 46.5 Å². The Hall–Kier alpha value is -2.71. The van der Waals surface area contributed by atoms with Gasteiger partial charge in [0.15, 0.2) is 11.0 Å². The smallest absolute Gasteiger partial charge is 0.230 e. The number of carbonyl (C=O) groups is 1. The molecular formula is C21H25N5O2S. The minimum Gasteiger partial charge on any atom is -0.385 e. The predicted molar refractivity (Wildman–Crippen MR) is 114 cm³/mol. The van der Waals surface area contributed by atoms with Crippen LogP contribution in [0.5, 0.6) is 0 Å². The number of amides is 1. The van der Waals surface area contributed by atoms with E-state index in [1.807, 2.05) is 22.8 Å². The van der Waals surface area contributed by atoms with Gasteiger partial charge in [0, 0.05) is 38.2 Å². The van der Waals surface area contributed by atoms with Crippen LogP contribution < -0.4 is 5.32 Å². The molecule has 3 aromatic rings. The molecule has 0 aliphatic carbocycles. The zero-order valence-corrected chi connectivity index (χ0v) is 17.7. The predicted octanol–water partition coefficient (Wildman–Crippen LogP) is 3.19. The molecule has 0 radical (unpaired) electrons. The topological polar surface area (TPSA) is 81.9 Å². The zero-order chi connectivity index (χ0) is 20.6. The normalized spacial score (nSPS) is 10.9. The molecule has 7 nitrogen and oxygen atoms in total. The van der Waals surface area contributed by atoms with E-state index in [-0.39, 0.29) is 11.7 Å². The highest BCUT2D eigenvalue weighted by atomic mass is 32.2. The summed E-state index contributed by atoms with van der Waals surface area (Å²) in [5.74, 6) is 0.955. The number of ether oxygens (including phenoxy) is 1. The second-order valence-corrected chi connectivity index (χ2v) is 7.57. The van der Waals surface area contributed by atoms with Crippen molar-refractivity contribution in [3.8, 4) is 17.1 Å². The maximum Gasteiger partial charge on any atom is 0.230 e. The van der Waals surface area contributed by atoms with Crippen LogP contribution in [-0.4, -0.2) is 51.7 Å². The van der Waals surface area contributed by atoms with Gasteiger partial charge in [-0.3, -0.25) is 14.3 Å². The summed E-state index contributed by atoms with van der Waals surface area (Å²) in [4.78, 5) is 16.2. The lowest BCUT2D eigenvalue weighted by atomic mass is 10.1. The number of rotatable bonds is 9. The number of hydrogen-bond donors (Lipinski definition) is 1. The van der Waals surface area contributed by atoms with Gasteiger partial charge < -0.3 is 10.1 Å². The highest BCUT2D eigenvalue weighted by Gasteiger charge is 2.17. The molecule has 0 aliphatic rings. The van der Waals surface area contributed by atoms with Gasteiger partial charge in [0.25, 0.3) is 0 Å². The zero-order valence-electron chi connectivity index (χ0n) is 16.9. The van der Waals surface area contributed by atoms with Crippen molar-refractivity contribution in [3.05, 3.63) is 53.9 Å². The SMILES string of the molecule is COCCCNC(=O)CSc1nnc(-c2ccncc2)n1-c1ccc(C)c(C)c1. The molecule has 29 heavy (non-hydrogen) atoms. The van der Waals surface area contributed by atoms with Gasteiger partial charge in [0.2, 0.25) is 5.91 Å². The molecule has 152 valence electrons. The summed E-state index contributed by atoms with van der Waals surface area (Å²) in [6.45, 7) is 5.39. The van der Waals surface area contributed by atoms with Crippen LogP contribution in [0.2, 0.25) is 0 Å². The third-order valence-corrected chi connectivity index (χ3v) is 5.43. The number of aryl methyl sites for hydroxylation is 2. The van der Waals surface area contributed by atoms with E-state index in [4.69, 9.17) is 4.74 Å². The Morgan fingerprint density at radius 3 is 2.66 bits per heavy atom. The summed E-state index contributed by atoms with van der Waals surface area (Å²) < 4.78 is 6.99. The van der Waals surface area contributed by atoms with Crippen LogP contribution in [0.3, 0.4) is 0 Å². The first-order valence-electron chi connectivity index (χ1n) is 9.42. The summed E-state index contributed by atoms with van der Waals surface area (Å²) >= 11 is 1.37. The van der Waals surface area contributed by atoms with Gasteiger partial charge in [-0.1, -0.05) is 17.8 Å². The molecule has 0 saturated carbocycles. The number of methoxy groups -OCH3 is 1. The molecule has 0 bridgehead atoms. The number of nitrogens with zero attached hydrogens (tertiary/aromatic N) is 4. The monoisotopic (exact) mass is 411 g/mol. The lowest BCUT2D eigenvalue weighted by Crippen LogP contribution is -2.26. The van der Waals surface area contributed by atoms with E-state index in [1.165, 1.54) is 22.9 Å². The summed E-state index contributed by atoms with van der Waals surface area (Å²) in [6, 6.07) is 10.0. The lowest BCUT2D eigenvalue weighted by molar-refractivity contribution is -0.118. The summed E-state index contributed by atoms with van der Waals surface area (Å²) in [5, 5.41) is 12.3. The molecule has 0 fully saturated rings. The lowest BCUT2D eigenvalue weighted by Gasteiger charge is -2.12. The molecule has 1 aromatic carbocycles. The van der Waals surface area contributed by atoms with E-state index in [0.717, 1.165) is 23.5 Å². The summed E-state index contributed by atoms with van der Waals surface area (Å²) in [5.41, 5.74) is 4.29. The van der Waals surface area contributed by atoms with Crippen LogP contribution >= 0.6 is 11.8 Å². The van der Waals surface area contributed by atoms with Gasteiger partial charge in [0.05, 0.1) is 11.4 Å². The van der Waals surface area contributed by atoms with Crippen molar-refractivity contribution in [1.29, 1.82) is 0 Å². The Morgan fingerprint density at radius 2 is 1.93 bits per heavy atom. The number of hydrogen-bond acceptors (Lipinski definition) is 6. The van der Waals surface area contributed by atoms with Gasteiger partial charge in [0.1, 0.15) is 0 Å². The quantitative estimate of drug-likeness (QED) is 0.430. The fourth-order valence-corrected chi connectivity index (χ4v) is 3.56. The summed E-state index contributed by atoms with van der Waals surface area (Å²) in [7, 11) is 1.65. The fourth-order valence-electron chi connectivity index (χ4n) is 2.77. The van der Waals surface area contributed by atoms with Gasteiger partial charge in [-0.25, -0.2) is 0 Å². The minimum atomic E-state index is -0.0359. The van der Waals surface area contributed by atoms with E-state index in [9.17, 15) is 4.79 Å². The van der Waals surface area contributed by atoms with Crippen molar-refractivity contribution < 1.29 is 9.53 Å². The van der Waals surface area contributed by atoms with Crippen LogP contribution in [0.15, 0.2) is 47.9 Å². The van der Waals surface area contributed by atoms with E-state index in [0.29, 0.717) is 18.3 Å². The Bertz CT molecular complexity index is 959. The molecule has 1 N–H and O–H groups in total.